The third-order valence-corrected chi connectivity index (χ3v) is 2.60. The molecule has 1 saturated carbocycles. The molecule has 0 amide bonds. The molecule has 1 fully saturated rings. The molecular formula is C14H22O2. The minimum atomic E-state index is -0.422. The minimum Gasteiger partial charge on any atom is -0.426 e. The van der Waals surface area contributed by atoms with Crippen LogP contribution in [0.2, 0.25) is 0 Å². The molecule has 0 heterocycles. The van der Waals surface area contributed by atoms with Crippen LogP contribution in [0.15, 0.2) is 24.0 Å². The number of ether oxygens (including phenoxy) is 1. The Labute approximate surface area is 98.4 Å². The lowest BCUT2D eigenvalue weighted by Gasteiger charge is -2.17. The minimum absolute atomic E-state index is 0.160. The number of fused-ring (bicyclic) bond motifs is 1. The van der Waals surface area contributed by atoms with Gasteiger partial charge >= 0.3 is 5.97 Å². The zero-order chi connectivity index (χ0) is 12.3. The molecule has 0 spiro atoms. The summed E-state index contributed by atoms with van der Waals surface area (Å²) in [5.41, 5.74) is -0.422. The van der Waals surface area contributed by atoms with E-state index in [4.69, 9.17) is 4.74 Å². The second-order valence-electron chi connectivity index (χ2n) is 5.13. The first-order valence-corrected chi connectivity index (χ1v) is 6.09. The average Bonchev–Trinajstić information content (AvgIpc) is 2.97. The van der Waals surface area contributed by atoms with Crippen molar-refractivity contribution >= 4 is 5.97 Å². The van der Waals surface area contributed by atoms with Crippen LogP contribution in [0.4, 0.5) is 0 Å². The highest BCUT2D eigenvalue weighted by molar-refractivity contribution is 5.76. The van der Waals surface area contributed by atoms with E-state index in [9.17, 15) is 4.79 Å². The van der Waals surface area contributed by atoms with Crippen LogP contribution in [0.25, 0.3) is 0 Å². The monoisotopic (exact) mass is 222 g/mol. The Bertz CT molecular complexity index is 318. The molecule has 0 aliphatic heterocycles. The fourth-order valence-electron chi connectivity index (χ4n) is 1.46. The first-order chi connectivity index (χ1) is 7.47. The van der Waals surface area contributed by atoms with Gasteiger partial charge in [-0.05, 0) is 51.2 Å². The molecule has 0 radical (unpaired) electrons. The van der Waals surface area contributed by atoms with Crippen LogP contribution in [0.5, 0.6) is 0 Å². The summed E-state index contributed by atoms with van der Waals surface area (Å²) in [5.74, 6) is 1.91. The third kappa shape index (κ3) is 3.22. The van der Waals surface area contributed by atoms with Crippen molar-refractivity contribution in [3.05, 3.63) is 24.0 Å². The molecule has 0 aromatic heterocycles. The molecule has 0 bridgehead atoms. The van der Waals surface area contributed by atoms with E-state index in [0.29, 0.717) is 11.8 Å². The zero-order valence-electron chi connectivity index (χ0n) is 10.9. The predicted molar refractivity (Wildman–Crippen MR) is 65.7 cm³/mol. The number of carbonyl (C=O) groups excluding carboxylic acids is 1. The number of hydrogen-bond acceptors (Lipinski definition) is 2. The van der Waals surface area contributed by atoms with Gasteiger partial charge in [0.05, 0.1) is 5.41 Å². The Kier molecular flexibility index (Phi) is 3.95. The fourth-order valence-corrected chi connectivity index (χ4v) is 1.46. The van der Waals surface area contributed by atoms with Gasteiger partial charge in [-0.3, -0.25) is 4.79 Å². The SMILES string of the molecule is CC.CC(C)(C)C(=O)OC1=CC2CC2C=C1. The van der Waals surface area contributed by atoms with Gasteiger partial charge in [0, 0.05) is 0 Å². The van der Waals surface area contributed by atoms with Gasteiger partial charge in [-0.15, -0.1) is 0 Å². The molecule has 2 heteroatoms. The summed E-state index contributed by atoms with van der Waals surface area (Å²) in [5, 5.41) is 0. The number of hydrogen-bond donors (Lipinski definition) is 0. The van der Waals surface area contributed by atoms with E-state index in [1.807, 2.05) is 40.7 Å². The van der Waals surface area contributed by atoms with Crippen molar-refractivity contribution in [2.24, 2.45) is 17.3 Å². The molecule has 0 aromatic carbocycles. The van der Waals surface area contributed by atoms with Crippen LogP contribution in [-0.4, -0.2) is 5.97 Å². The Balaban J connectivity index is 0.000000606. The lowest BCUT2D eigenvalue weighted by atomic mass is 9.97. The van der Waals surface area contributed by atoms with Gasteiger partial charge in [-0.2, -0.15) is 0 Å². The van der Waals surface area contributed by atoms with Crippen LogP contribution in [0.1, 0.15) is 41.0 Å². The van der Waals surface area contributed by atoms with Crippen LogP contribution in [-0.2, 0) is 9.53 Å². The topological polar surface area (TPSA) is 26.3 Å². The smallest absolute Gasteiger partial charge is 0.316 e. The Hall–Kier alpha value is -1.05. The first-order valence-electron chi connectivity index (χ1n) is 6.09. The molecule has 2 rings (SSSR count). The summed E-state index contributed by atoms with van der Waals surface area (Å²) >= 11 is 0. The van der Waals surface area contributed by atoms with E-state index in [0.717, 1.165) is 5.76 Å². The standard InChI is InChI=1S/C12H16O2.C2H6/c1-12(2,3)11(13)14-10-5-4-8-6-9(8)7-10;1-2/h4-5,7-9H,6H2,1-3H3;1-2H3. The molecule has 0 aromatic rings. The summed E-state index contributed by atoms with van der Waals surface area (Å²) in [6.07, 6.45) is 7.33. The van der Waals surface area contributed by atoms with Crippen molar-refractivity contribution in [2.75, 3.05) is 0 Å². The third-order valence-electron chi connectivity index (χ3n) is 2.60. The van der Waals surface area contributed by atoms with Crippen molar-refractivity contribution in [3.63, 3.8) is 0 Å². The van der Waals surface area contributed by atoms with Gasteiger partial charge in [0.1, 0.15) is 5.76 Å². The molecule has 2 nitrogen and oxygen atoms in total. The van der Waals surface area contributed by atoms with Gasteiger partial charge in [0.2, 0.25) is 0 Å². The van der Waals surface area contributed by atoms with Crippen molar-refractivity contribution < 1.29 is 9.53 Å². The van der Waals surface area contributed by atoms with Crippen molar-refractivity contribution in [2.45, 2.75) is 41.0 Å². The van der Waals surface area contributed by atoms with Crippen LogP contribution < -0.4 is 0 Å². The number of allylic oxidation sites excluding steroid dienone is 3. The second kappa shape index (κ2) is 4.86. The highest BCUT2D eigenvalue weighted by Gasteiger charge is 2.36. The molecule has 2 aliphatic carbocycles. The Morgan fingerprint density at radius 3 is 2.44 bits per heavy atom. The molecule has 0 N–H and O–H groups in total. The summed E-state index contributed by atoms with van der Waals surface area (Å²) in [6, 6.07) is 0. The van der Waals surface area contributed by atoms with E-state index in [1.54, 1.807) is 0 Å². The maximum atomic E-state index is 11.6. The maximum absolute atomic E-state index is 11.6. The van der Waals surface area contributed by atoms with Crippen LogP contribution >= 0.6 is 0 Å². The molecule has 0 saturated heterocycles. The summed E-state index contributed by atoms with van der Waals surface area (Å²) in [6.45, 7) is 9.59. The van der Waals surface area contributed by atoms with Gasteiger partial charge in [-0.1, -0.05) is 19.9 Å². The van der Waals surface area contributed by atoms with E-state index in [2.05, 4.69) is 12.2 Å². The summed E-state index contributed by atoms with van der Waals surface area (Å²) in [4.78, 5) is 11.6. The zero-order valence-corrected chi connectivity index (χ0v) is 10.9. The average molecular weight is 222 g/mol. The number of esters is 1. The van der Waals surface area contributed by atoms with E-state index >= 15 is 0 Å². The fraction of sp³-hybridized carbons (Fsp3) is 0.643. The van der Waals surface area contributed by atoms with E-state index in [1.165, 1.54) is 6.42 Å². The predicted octanol–water partition coefficient (Wildman–Crippen LogP) is 3.69. The second-order valence-corrected chi connectivity index (χ2v) is 5.13. The Morgan fingerprint density at radius 1 is 1.31 bits per heavy atom. The molecule has 2 atom stereocenters. The van der Waals surface area contributed by atoms with Crippen molar-refractivity contribution in [3.8, 4) is 0 Å². The normalized spacial score (nSPS) is 25.9. The quantitative estimate of drug-likeness (QED) is 0.632. The first kappa shape index (κ1) is 13.0. The number of carbonyl (C=O) groups is 1. The molecule has 90 valence electrons. The molecular weight excluding hydrogens is 200 g/mol. The highest BCUT2D eigenvalue weighted by atomic mass is 16.5. The van der Waals surface area contributed by atoms with E-state index < -0.39 is 5.41 Å². The van der Waals surface area contributed by atoms with Gasteiger partial charge in [0.25, 0.3) is 0 Å². The van der Waals surface area contributed by atoms with Gasteiger partial charge in [-0.25, -0.2) is 0 Å². The summed E-state index contributed by atoms with van der Waals surface area (Å²) in [7, 11) is 0. The van der Waals surface area contributed by atoms with E-state index in [-0.39, 0.29) is 5.97 Å². The van der Waals surface area contributed by atoms with Gasteiger partial charge < -0.3 is 4.74 Å². The lowest BCUT2D eigenvalue weighted by molar-refractivity contribution is -0.148. The largest absolute Gasteiger partial charge is 0.426 e. The Morgan fingerprint density at radius 2 is 1.94 bits per heavy atom. The summed E-state index contributed by atoms with van der Waals surface area (Å²) < 4.78 is 5.29. The lowest BCUT2D eigenvalue weighted by Crippen LogP contribution is -2.22. The molecule has 16 heavy (non-hydrogen) atoms. The van der Waals surface area contributed by atoms with Crippen molar-refractivity contribution in [1.82, 2.24) is 0 Å². The van der Waals surface area contributed by atoms with Crippen molar-refractivity contribution in [1.29, 1.82) is 0 Å². The van der Waals surface area contributed by atoms with Crippen LogP contribution in [0, 0.1) is 17.3 Å². The molecule has 2 aliphatic rings. The van der Waals surface area contributed by atoms with Gasteiger partial charge in [0.15, 0.2) is 0 Å². The highest BCUT2D eigenvalue weighted by Crippen LogP contribution is 2.44. The maximum Gasteiger partial charge on any atom is 0.316 e. The number of rotatable bonds is 1. The molecule has 2 unspecified atom stereocenters. The van der Waals surface area contributed by atoms with Crippen LogP contribution in [0.3, 0.4) is 0 Å².